The van der Waals surface area contributed by atoms with Crippen molar-refractivity contribution in [2.45, 2.75) is 57.2 Å². The van der Waals surface area contributed by atoms with Crippen LogP contribution in [-0.4, -0.2) is 62.2 Å². The average molecular weight is 449 g/mol. The maximum atomic E-state index is 15.0. The van der Waals surface area contributed by atoms with Crippen LogP contribution in [0.1, 0.15) is 55.1 Å². The molecular weight excluding hydrogens is 415 g/mol. The Hall–Kier alpha value is -2.64. The summed E-state index contributed by atoms with van der Waals surface area (Å²) in [6.45, 7) is 4.48. The summed E-state index contributed by atoms with van der Waals surface area (Å²) in [4.78, 5) is 5.01. The monoisotopic (exact) mass is 448 g/mol. The van der Waals surface area contributed by atoms with Gasteiger partial charge in [0.15, 0.2) is 5.82 Å². The first-order chi connectivity index (χ1) is 16.3. The van der Waals surface area contributed by atoms with Crippen LogP contribution in [0.15, 0.2) is 54.6 Å². The molecule has 0 unspecified atom stereocenters. The number of tetrazole rings is 1. The first-order valence-electron chi connectivity index (χ1n) is 12.3. The van der Waals surface area contributed by atoms with E-state index >= 15 is 4.39 Å². The predicted molar refractivity (Wildman–Crippen MR) is 126 cm³/mol. The molecule has 1 saturated heterocycles. The fourth-order valence-corrected chi connectivity index (χ4v) is 5.45. The normalized spacial score (nSPS) is 19.5. The van der Waals surface area contributed by atoms with E-state index in [-0.39, 0.29) is 11.9 Å². The molecule has 0 radical (unpaired) electrons. The molecule has 1 aliphatic carbocycles. The second-order valence-corrected chi connectivity index (χ2v) is 9.28. The molecule has 1 aromatic heterocycles. The fourth-order valence-electron chi connectivity index (χ4n) is 5.45. The minimum Gasteiger partial charge on any atom is -0.298 e. The van der Waals surface area contributed by atoms with Gasteiger partial charge in [0.25, 0.3) is 0 Å². The molecule has 1 saturated carbocycles. The van der Waals surface area contributed by atoms with Crippen LogP contribution < -0.4 is 0 Å². The largest absolute Gasteiger partial charge is 0.298 e. The van der Waals surface area contributed by atoms with E-state index in [0.29, 0.717) is 18.2 Å². The van der Waals surface area contributed by atoms with E-state index in [2.05, 4.69) is 37.5 Å². The number of benzene rings is 2. The van der Waals surface area contributed by atoms with Gasteiger partial charge in [0.05, 0.1) is 0 Å². The Kier molecular flexibility index (Phi) is 7.07. The van der Waals surface area contributed by atoms with E-state index < -0.39 is 0 Å². The third kappa shape index (κ3) is 5.14. The first-order valence-corrected chi connectivity index (χ1v) is 12.3. The Bertz CT molecular complexity index is 1010. The first kappa shape index (κ1) is 22.2. The zero-order valence-corrected chi connectivity index (χ0v) is 19.2. The minimum absolute atomic E-state index is 0.199. The Morgan fingerprint density at radius 3 is 2.36 bits per heavy atom. The van der Waals surface area contributed by atoms with Crippen molar-refractivity contribution in [2.24, 2.45) is 0 Å². The third-order valence-electron chi connectivity index (χ3n) is 7.26. The lowest BCUT2D eigenvalue weighted by atomic mass is 9.93. The number of hydrogen-bond donors (Lipinski definition) is 0. The number of halogens is 1. The lowest BCUT2D eigenvalue weighted by molar-refractivity contribution is 0.0612. The molecule has 0 amide bonds. The molecule has 33 heavy (non-hydrogen) atoms. The summed E-state index contributed by atoms with van der Waals surface area (Å²) in [5.41, 5.74) is 1.89. The maximum absolute atomic E-state index is 15.0. The van der Waals surface area contributed by atoms with Gasteiger partial charge >= 0.3 is 0 Å². The summed E-state index contributed by atoms with van der Waals surface area (Å²) in [5, 5.41) is 12.7. The molecule has 1 atom stereocenters. The van der Waals surface area contributed by atoms with Gasteiger partial charge in [-0.1, -0.05) is 67.8 Å². The molecule has 1 aliphatic heterocycles. The van der Waals surface area contributed by atoms with Gasteiger partial charge in [-0.05, 0) is 41.3 Å². The van der Waals surface area contributed by atoms with Gasteiger partial charge in [-0.2, -0.15) is 0 Å². The van der Waals surface area contributed by atoms with Crippen LogP contribution >= 0.6 is 0 Å². The molecular formula is C26H33FN6. The van der Waals surface area contributed by atoms with Crippen molar-refractivity contribution in [3.8, 4) is 0 Å². The Balaban J connectivity index is 1.36. The molecule has 5 rings (SSSR count). The van der Waals surface area contributed by atoms with Crippen molar-refractivity contribution in [2.75, 3.05) is 26.2 Å². The molecule has 3 aromatic rings. The topological polar surface area (TPSA) is 50.1 Å². The van der Waals surface area contributed by atoms with E-state index in [1.807, 2.05) is 35.0 Å². The smallest absolute Gasteiger partial charge is 0.173 e. The highest BCUT2D eigenvalue weighted by Crippen LogP contribution is 2.31. The number of hydrogen-bond acceptors (Lipinski definition) is 5. The van der Waals surface area contributed by atoms with Crippen LogP contribution in [0.2, 0.25) is 0 Å². The lowest BCUT2D eigenvalue weighted by Gasteiger charge is -2.43. The summed E-state index contributed by atoms with van der Waals surface area (Å²) in [6, 6.07) is 17.8. The van der Waals surface area contributed by atoms with Crippen LogP contribution in [0.3, 0.4) is 0 Å². The van der Waals surface area contributed by atoms with Crippen molar-refractivity contribution in [3.63, 3.8) is 0 Å². The molecule has 174 valence electrons. The van der Waals surface area contributed by atoms with E-state index in [9.17, 15) is 0 Å². The minimum atomic E-state index is -0.287. The third-order valence-corrected chi connectivity index (χ3v) is 7.26. The highest BCUT2D eigenvalue weighted by molar-refractivity contribution is 5.27. The van der Waals surface area contributed by atoms with E-state index in [4.69, 9.17) is 0 Å². The Morgan fingerprint density at radius 1 is 0.879 bits per heavy atom. The number of aryl methyl sites for hydroxylation is 2. The molecule has 0 spiro atoms. The lowest BCUT2D eigenvalue weighted by Crippen LogP contribution is -2.52. The van der Waals surface area contributed by atoms with Crippen LogP contribution in [-0.2, 0) is 13.0 Å². The van der Waals surface area contributed by atoms with Crippen LogP contribution in [0.5, 0.6) is 0 Å². The van der Waals surface area contributed by atoms with Gasteiger partial charge < -0.3 is 0 Å². The van der Waals surface area contributed by atoms with Gasteiger partial charge in [-0.15, -0.1) is 5.10 Å². The van der Waals surface area contributed by atoms with Crippen LogP contribution in [0.25, 0.3) is 0 Å². The second kappa shape index (κ2) is 10.5. The number of rotatable bonds is 7. The quantitative estimate of drug-likeness (QED) is 0.545. The number of piperazine rings is 1. The standard InChI is InChI=1S/C26H33FN6/c27-24-14-8-7-13-23(24)25(32-19-17-31(18-20-32)22-11-5-2-6-12-22)26-28-29-30-33(26)16-15-21-9-3-1-4-10-21/h1,3-4,7-10,13-14,22,25H,2,5-6,11-12,15-20H2/t25-/m0/s1. The van der Waals surface area contributed by atoms with Gasteiger partial charge in [-0.3, -0.25) is 9.80 Å². The van der Waals surface area contributed by atoms with Gasteiger partial charge in [0.1, 0.15) is 11.9 Å². The maximum Gasteiger partial charge on any atom is 0.173 e. The zero-order chi connectivity index (χ0) is 22.5. The Labute approximate surface area is 195 Å². The summed E-state index contributed by atoms with van der Waals surface area (Å²) in [5.74, 6) is 0.525. The predicted octanol–water partition coefficient (Wildman–Crippen LogP) is 4.09. The van der Waals surface area contributed by atoms with Gasteiger partial charge in [0, 0.05) is 44.3 Å². The molecule has 6 nitrogen and oxygen atoms in total. The van der Waals surface area contributed by atoms with Crippen molar-refractivity contribution in [3.05, 3.63) is 77.4 Å². The molecule has 2 aromatic carbocycles. The van der Waals surface area contributed by atoms with Gasteiger partial charge in [-0.25, -0.2) is 9.07 Å². The van der Waals surface area contributed by atoms with Crippen LogP contribution in [0.4, 0.5) is 4.39 Å². The average Bonchev–Trinajstić information content (AvgIpc) is 3.34. The zero-order valence-electron chi connectivity index (χ0n) is 19.2. The van der Waals surface area contributed by atoms with Crippen molar-refractivity contribution >= 4 is 0 Å². The summed E-state index contributed by atoms with van der Waals surface area (Å²) in [6.07, 6.45) is 7.52. The second-order valence-electron chi connectivity index (χ2n) is 9.28. The highest BCUT2D eigenvalue weighted by atomic mass is 19.1. The SMILES string of the molecule is Fc1ccccc1[C@@H](c1nnnn1CCc1ccccc1)N1CCN(C2CCCCC2)CC1. The molecule has 7 heteroatoms. The van der Waals surface area contributed by atoms with Crippen molar-refractivity contribution in [1.82, 2.24) is 30.0 Å². The van der Waals surface area contributed by atoms with Crippen molar-refractivity contribution in [1.29, 1.82) is 0 Å². The van der Waals surface area contributed by atoms with E-state index in [0.717, 1.165) is 38.4 Å². The number of nitrogens with zero attached hydrogens (tertiary/aromatic N) is 6. The molecule has 2 aliphatic rings. The van der Waals surface area contributed by atoms with Crippen molar-refractivity contribution < 1.29 is 4.39 Å². The number of aromatic nitrogens is 4. The van der Waals surface area contributed by atoms with E-state index in [1.165, 1.54) is 37.7 Å². The van der Waals surface area contributed by atoms with Gasteiger partial charge in [0.2, 0.25) is 0 Å². The molecule has 0 bridgehead atoms. The summed E-state index contributed by atoms with van der Waals surface area (Å²) in [7, 11) is 0. The van der Waals surface area contributed by atoms with Crippen LogP contribution in [0, 0.1) is 5.82 Å². The Morgan fingerprint density at radius 2 is 1.61 bits per heavy atom. The highest BCUT2D eigenvalue weighted by Gasteiger charge is 2.33. The molecule has 0 N–H and O–H groups in total. The molecule has 2 fully saturated rings. The summed E-state index contributed by atoms with van der Waals surface area (Å²) < 4.78 is 16.9. The van der Waals surface area contributed by atoms with E-state index in [1.54, 1.807) is 12.1 Å². The summed E-state index contributed by atoms with van der Waals surface area (Å²) >= 11 is 0. The molecule has 2 heterocycles. The fraction of sp³-hybridized carbons (Fsp3) is 0.500.